The first kappa shape index (κ1) is 14.8. The monoisotopic (exact) mass is 309 g/mol. The van der Waals surface area contributed by atoms with E-state index in [1.54, 1.807) is 24.6 Å². The third kappa shape index (κ3) is 3.94. The number of hydrogen-bond donors (Lipinski definition) is 0. The number of carbonyl (C=O) groups excluding carboxylic acids is 1. The molecule has 1 amide bonds. The molecule has 1 aromatic carbocycles. The molecule has 0 radical (unpaired) electrons. The van der Waals surface area contributed by atoms with Gasteiger partial charge in [-0.3, -0.25) is 4.79 Å². The number of ether oxygens (including phenoxy) is 1. The maximum atomic E-state index is 12.1. The van der Waals surface area contributed by atoms with Crippen molar-refractivity contribution in [3.05, 3.63) is 35.3 Å². The fraction of sp³-hybridized carbons (Fsp3) is 0.308. The second-order valence-electron chi connectivity index (χ2n) is 4.05. The van der Waals surface area contributed by atoms with Crippen molar-refractivity contribution in [3.8, 4) is 5.75 Å². The summed E-state index contributed by atoms with van der Waals surface area (Å²) >= 11 is 2.84. The number of methoxy groups -OCH3 is 1. The van der Waals surface area contributed by atoms with E-state index in [1.807, 2.05) is 24.3 Å². The number of carbonyl (C=O) groups is 1. The summed E-state index contributed by atoms with van der Waals surface area (Å²) in [6, 6.07) is 7.70. The maximum Gasteiger partial charge on any atom is 0.233 e. The van der Waals surface area contributed by atoms with Gasteiger partial charge in [-0.05, 0) is 6.07 Å². The first-order valence-electron chi connectivity index (χ1n) is 5.95. The second-order valence-corrected chi connectivity index (χ2v) is 6.11. The molecule has 0 aliphatic rings. The molecular formula is C13H15N3O2S2. The molecule has 1 aromatic heterocycles. The molecule has 0 bridgehead atoms. The SMILES string of the molecule is COc1ccccc1CN(C)C(=O)CSc1nncs1. The quantitative estimate of drug-likeness (QED) is 0.766. The predicted molar refractivity (Wildman–Crippen MR) is 80.1 cm³/mol. The third-order valence-electron chi connectivity index (χ3n) is 2.68. The number of benzene rings is 1. The highest BCUT2D eigenvalue weighted by Crippen LogP contribution is 2.21. The lowest BCUT2D eigenvalue weighted by Gasteiger charge is -2.18. The highest BCUT2D eigenvalue weighted by molar-refractivity contribution is 8.01. The fourth-order valence-electron chi connectivity index (χ4n) is 1.64. The summed E-state index contributed by atoms with van der Waals surface area (Å²) in [7, 11) is 3.42. The van der Waals surface area contributed by atoms with Crippen molar-refractivity contribution in [1.82, 2.24) is 15.1 Å². The van der Waals surface area contributed by atoms with Crippen LogP contribution in [0.15, 0.2) is 34.1 Å². The largest absolute Gasteiger partial charge is 0.496 e. The van der Waals surface area contributed by atoms with Crippen LogP contribution in [0.1, 0.15) is 5.56 Å². The van der Waals surface area contributed by atoms with Crippen molar-refractivity contribution in [1.29, 1.82) is 0 Å². The molecule has 0 aliphatic carbocycles. The van der Waals surface area contributed by atoms with Crippen molar-refractivity contribution >= 4 is 29.0 Å². The van der Waals surface area contributed by atoms with Crippen molar-refractivity contribution in [2.75, 3.05) is 19.9 Å². The van der Waals surface area contributed by atoms with E-state index >= 15 is 0 Å². The van der Waals surface area contributed by atoms with Gasteiger partial charge < -0.3 is 9.64 Å². The molecule has 106 valence electrons. The van der Waals surface area contributed by atoms with E-state index in [-0.39, 0.29) is 5.91 Å². The van der Waals surface area contributed by atoms with E-state index in [1.165, 1.54) is 23.1 Å². The summed E-state index contributed by atoms with van der Waals surface area (Å²) in [5.41, 5.74) is 2.65. The molecule has 20 heavy (non-hydrogen) atoms. The summed E-state index contributed by atoms with van der Waals surface area (Å²) < 4.78 is 6.09. The molecule has 5 nitrogen and oxygen atoms in total. The molecule has 0 fully saturated rings. The van der Waals surface area contributed by atoms with E-state index in [2.05, 4.69) is 10.2 Å². The molecule has 0 atom stereocenters. The van der Waals surface area contributed by atoms with E-state index in [0.29, 0.717) is 12.3 Å². The summed E-state index contributed by atoms with van der Waals surface area (Å²) in [5, 5.41) is 7.64. The maximum absolute atomic E-state index is 12.1. The Morgan fingerprint density at radius 1 is 1.45 bits per heavy atom. The van der Waals surface area contributed by atoms with Crippen LogP contribution >= 0.6 is 23.1 Å². The summed E-state index contributed by atoms with van der Waals surface area (Å²) in [6.45, 7) is 0.527. The smallest absolute Gasteiger partial charge is 0.233 e. The first-order chi connectivity index (χ1) is 9.70. The minimum Gasteiger partial charge on any atom is -0.496 e. The van der Waals surface area contributed by atoms with Crippen molar-refractivity contribution in [2.45, 2.75) is 10.9 Å². The van der Waals surface area contributed by atoms with Crippen LogP contribution in [0.5, 0.6) is 5.75 Å². The predicted octanol–water partition coefficient (Wildman–Crippen LogP) is 2.30. The molecule has 7 heteroatoms. The number of amides is 1. The minimum atomic E-state index is 0.0520. The van der Waals surface area contributed by atoms with Gasteiger partial charge in [-0.15, -0.1) is 10.2 Å². The Balaban J connectivity index is 1.90. The molecule has 2 aromatic rings. The van der Waals surface area contributed by atoms with Gasteiger partial charge in [-0.1, -0.05) is 41.3 Å². The lowest BCUT2D eigenvalue weighted by molar-refractivity contribution is -0.127. The Hall–Kier alpha value is -1.60. The van der Waals surface area contributed by atoms with Crippen molar-refractivity contribution < 1.29 is 9.53 Å². The van der Waals surface area contributed by atoms with E-state index in [0.717, 1.165) is 15.7 Å². The third-order valence-corrected chi connectivity index (χ3v) is 4.53. The molecular weight excluding hydrogens is 294 g/mol. The highest BCUT2D eigenvalue weighted by atomic mass is 32.2. The van der Waals surface area contributed by atoms with Gasteiger partial charge in [0.25, 0.3) is 0 Å². The number of nitrogens with zero attached hydrogens (tertiary/aromatic N) is 3. The zero-order valence-electron chi connectivity index (χ0n) is 11.3. The summed E-state index contributed by atoms with van der Waals surface area (Å²) in [5.74, 6) is 1.21. The normalized spacial score (nSPS) is 10.3. The standard InChI is InChI=1S/C13H15N3O2S2/c1-16(7-10-5-3-4-6-11(10)18-2)12(17)8-19-13-15-14-9-20-13/h3-6,9H,7-8H2,1-2H3. The average Bonchev–Trinajstić information content (AvgIpc) is 2.98. The molecule has 0 aliphatic heterocycles. The Labute approximate surface area is 126 Å². The molecule has 2 rings (SSSR count). The molecule has 0 unspecified atom stereocenters. The van der Waals surface area contributed by atoms with Crippen LogP contribution in [0, 0.1) is 0 Å². The number of thioether (sulfide) groups is 1. The average molecular weight is 309 g/mol. The molecule has 1 heterocycles. The number of hydrogen-bond acceptors (Lipinski definition) is 6. The van der Waals surface area contributed by atoms with E-state index < -0.39 is 0 Å². The van der Waals surface area contributed by atoms with Crippen LogP contribution in [0.2, 0.25) is 0 Å². The molecule has 0 spiro atoms. The summed E-state index contributed by atoms with van der Waals surface area (Å²) in [6.07, 6.45) is 0. The Morgan fingerprint density at radius 2 is 2.25 bits per heavy atom. The zero-order valence-corrected chi connectivity index (χ0v) is 12.9. The Bertz CT molecular complexity index is 561. The van der Waals surface area contributed by atoms with Gasteiger partial charge in [0.2, 0.25) is 5.91 Å². The van der Waals surface area contributed by atoms with Crippen molar-refractivity contribution in [3.63, 3.8) is 0 Å². The lowest BCUT2D eigenvalue weighted by Crippen LogP contribution is -2.27. The van der Waals surface area contributed by atoms with Gasteiger partial charge in [-0.2, -0.15) is 0 Å². The Morgan fingerprint density at radius 3 is 2.95 bits per heavy atom. The number of aromatic nitrogens is 2. The van der Waals surface area contributed by atoms with E-state index in [9.17, 15) is 4.79 Å². The van der Waals surface area contributed by atoms with Gasteiger partial charge in [0.05, 0.1) is 12.9 Å². The van der Waals surface area contributed by atoms with Gasteiger partial charge in [-0.25, -0.2) is 0 Å². The van der Waals surface area contributed by atoms with Crippen LogP contribution in [0.3, 0.4) is 0 Å². The van der Waals surface area contributed by atoms with Crippen LogP contribution in [-0.4, -0.2) is 40.9 Å². The van der Waals surface area contributed by atoms with Gasteiger partial charge in [0, 0.05) is 19.2 Å². The molecule has 0 saturated heterocycles. The highest BCUT2D eigenvalue weighted by Gasteiger charge is 2.13. The Kier molecular flexibility index (Phi) is 5.37. The fourth-order valence-corrected chi connectivity index (χ4v) is 3.07. The van der Waals surface area contributed by atoms with Crippen LogP contribution < -0.4 is 4.74 Å². The minimum absolute atomic E-state index is 0.0520. The zero-order chi connectivity index (χ0) is 14.4. The lowest BCUT2D eigenvalue weighted by atomic mass is 10.2. The van der Waals surface area contributed by atoms with Crippen LogP contribution in [0.4, 0.5) is 0 Å². The van der Waals surface area contributed by atoms with Gasteiger partial charge in [0.1, 0.15) is 11.3 Å². The number of para-hydroxylation sites is 1. The molecule has 0 N–H and O–H groups in total. The van der Waals surface area contributed by atoms with Crippen LogP contribution in [0.25, 0.3) is 0 Å². The first-order valence-corrected chi connectivity index (χ1v) is 7.82. The molecule has 0 saturated carbocycles. The van der Waals surface area contributed by atoms with Crippen molar-refractivity contribution in [2.24, 2.45) is 0 Å². The van der Waals surface area contributed by atoms with E-state index in [4.69, 9.17) is 4.74 Å². The summed E-state index contributed by atoms with van der Waals surface area (Å²) in [4.78, 5) is 13.7. The van der Waals surface area contributed by atoms with Gasteiger partial charge >= 0.3 is 0 Å². The number of rotatable bonds is 6. The van der Waals surface area contributed by atoms with Gasteiger partial charge in [0.15, 0.2) is 4.34 Å². The second kappa shape index (κ2) is 7.25. The topological polar surface area (TPSA) is 55.3 Å². The van der Waals surface area contributed by atoms with Crippen LogP contribution in [-0.2, 0) is 11.3 Å².